The number of rotatable bonds is 2. The molecule has 1 N–H and O–H groups in total. The van der Waals surface area contributed by atoms with Crippen LogP contribution in [-0.2, 0) is 0 Å². The average molecular weight is 336 g/mol. The molecular weight excluding hydrogens is 331 g/mol. The topological polar surface area (TPSA) is 42.0 Å². The molecule has 3 nitrogen and oxygen atoms in total. The predicted molar refractivity (Wildman–Crippen MR) is 69.2 cm³/mol. The van der Waals surface area contributed by atoms with Crippen molar-refractivity contribution >= 4 is 50.6 Å². The Hall–Kier alpha value is -0.980. The second-order valence-electron chi connectivity index (χ2n) is 3.04. The summed E-state index contributed by atoms with van der Waals surface area (Å²) in [5.74, 6) is -0.545. The lowest BCUT2D eigenvalue weighted by Crippen LogP contribution is -2.11. The molecule has 2 aromatic rings. The van der Waals surface area contributed by atoms with Crippen LogP contribution in [0, 0.1) is 5.82 Å². The molecule has 0 aliphatic carbocycles. The number of nitrogens with zero attached hydrogens (tertiary/aromatic N) is 1. The molecule has 0 saturated carbocycles. The zero-order chi connectivity index (χ0) is 12.4. The maximum Gasteiger partial charge on any atom is 0.266 e. The summed E-state index contributed by atoms with van der Waals surface area (Å²) in [7, 11) is 0. The minimum atomic E-state index is -0.478. The highest BCUT2D eigenvalue weighted by Gasteiger charge is 2.11. The summed E-state index contributed by atoms with van der Waals surface area (Å²) < 4.78 is 13.7. The highest BCUT2D eigenvalue weighted by molar-refractivity contribution is 9.10. The van der Waals surface area contributed by atoms with Crippen molar-refractivity contribution in [2.75, 3.05) is 5.32 Å². The van der Waals surface area contributed by atoms with E-state index in [1.807, 2.05) is 0 Å². The van der Waals surface area contributed by atoms with Crippen LogP contribution in [0.3, 0.4) is 0 Å². The number of thiophene rings is 1. The molecule has 0 unspecified atom stereocenters. The summed E-state index contributed by atoms with van der Waals surface area (Å²) in [5.41, 5.74) is 0. The molecule has 0 spiro atoms. The van der Waals surface area contributed by atoms with Crippen molar-refractivity contribution in [3.8, 4) is 0 Å². The first-order valence-corrected chi connectivity index (χ1v) is 6.43. The van der Waals surface area contributed by atoms with E-state index in [0.717, 1.165) is 17.5 Å². The van der Waals surface area contributed by atoms with Crippen LogP contribution in [0.4, 0.5) is 10.2 Å². The quantitative estimate of drug-likeness (QED) is 0.903. The van der Waals surface area contributed by atoms with Gasteiger partial charge in [-0.25, -0.2) is 9.37 Å². The summed E-state index contributed by atoms with van der Waals surface area (Å²) in [5, 5.41) is 2.56. The van der Waals surface area contributed by atoms with Crippen LogP contribution in [-0.4, -0.2) is 10.9 Å². The Morgan fingerprint density at radius 1 is 1.53 bits per heavy atom. The lowest BCUT2D eigenvalue weighted by Gasteiger charge is -2.04. The molecule has 2 rings (SSSR count). The van der Waals surface area contributed by atoms with E-state index < -0.39 is 5.82 Å². The summed E-state index contributed by atoms with van der Waals surface area (Å²) >= 11 is 10.00. The van der Waals surface area contributed by atoms with Gasteiger partial charge in [0.1, 0.15) is 11.6 Å². The van der Waals surface area contributed by atoms with Crippen LogP contribution in [0.5, 0.6) is 0 Å². The molecule has 0 bridgehead atoms. The zero-order valence-corrected chi connectivity index (χ0v) is 11.4. The molecule has 2 heterocycles. The van der Waals surface area contributed by atoms with Crippen LogP contribution >= 0.6 is 38.9 Å². The van der Waals surface area contributed by atoms with Gasteiger partial charge in [0.15, 0.2) is 0 Å². The van der Waals surface area contributed by atoms with Crippen LogP contribution in [0.25, 0.3) is 0 Å². The molecule has 0 aliphatic heterocycles. The van der Waals surface area contributed by atoms with Gasteiger partial charge in [-0.2, -0.15) is 0 Å². The van der Waals surface area contributed by atoms with Gasteiger partial charge < -0.3 is 5.32 Å². The van der Waals surface area contributed by atoms with Gasteiger partial charge in [0.2, 0.25) is 0 Å². The molecule has 0 aliphatic rings. The van der Waals surface area contributed by atoms with Crippen molar-refractivity contribution in [1.82, 2.24) is 4.98 Å². The third kappa shape index (κ3) is 3.02. The lowest BCUT2D eigenvalue weighted by molar-refractivity contribution is 0.103. The summed E-state index contributed by atoms with van der Waals surface area (Å²) in [6.45, 7) is 0. The SMILES string of the molecule is O=C(Nc1ncc(F)cc1Br)c1ccc(Cl)s1. The molecule has 0 atom stereocenters. The summed E-state index contributed by atoms with van der Waals surface area (Å²) in [6, 6.07) is 4.47. The number of carbonyl (C=O) groups is 1. The van der Waals surface area contributed by atoms with Gasteiger partial charge >= 0.3 is 0 Å². The first kappa shape index (κ1) is 12.5. The van der Waals surface area contributed by atoms with E-state index >= 15 is 0 Å². The summed E-state index contributed by atoms with van der Waals surface area (Å²) in [4.78, 5) is 16.0. The number of amides is 1. The summed E-state index contributed by atoms with van der Waals surface area (Å²) in [6.07, 6.45) is 1.03. The van der Waals surface area contributed by atoms with Crippen molar-refractivity contribution in [1.29, 1.82) is 0 Å². The van der Waals surface area contributed by atoms with Crippen molar-refractivity contribution in [2.24, 2.45) is 0 Å². The Morgan fingerprint density at radius 2 is 2.29 bits per heavy atom. The number of nitrogens with one attached hydrogen (secondary N) is 1. The minimum absolute atomic E-state index is 0.265. The highest BCUT2D eigenvalue weighted by Crippen LogP contribution is 2.24. The molecule has 0 fully saturated rings. The lowest BCUT2D eigenvalue weighted by atomic mass is 10.4. The molecule has 17 heavy (non-hydrogen) atoms. The number of anilines is 1. The Morgan fingerprint density at radius 3 is 2.88 bits per heavy atom. The van der Waals surface area contributed by atoms with E-state index in [1.165, 1.54) is 6.07 Å². The van der Waals surface area contributed by atoms with E-state index in [4.69, 9.17) is 11.6 Å². The zero-order valence-electron chi connectivity index (χ0n) is 8.21. The first-order chi connectivity index (χ1) is 8.06. The number of pyridine rings is 1. The van der Waals surface area contributed by atoms with Gasteiger partial charge in [-0.3, -0.25) is 4.79 Å². The van der Waals surface area contributed by atoms with Gasteiger partial charge in [0.05, 0.1) is 19.9 Å². The Balaban J connectivity index is 2.18. The van der Waals surface area contributed by atoms with Gasteiger partial charge in [-0.15, -0.1) is 11.3 Å². The van der Waals surface area contributed by atoms with Gasteiger partial charge in [0.25, 0.3) is 5.91 Å². The van der Waals surface area contributed by atoms with Crippen LogP contribution in [0.15, 0.2) is 28.9 Å². The number of hydrogen-bond acceptors (Lipinski definition) is 3. The Labute approximate surface area is 114 Å². The normalized spacial score (nSPS) is 10.3. The van der Waals surface area contributed by atoms with Crippen molar-refractivity contribution < 1.29 is 9.18 Å². The standard InChI is InChI=1S/C10H5BrClFN2OS/c11-6-3-5(13)4-14-9(6)15-10(16)7-1-2-8(12)17-7/h1-4H,(H,14,15,16). The fourth-order valence-electron chi connectivity index (χ4n) is 1.11. The van der Waals surface area contributed by atoms with Crippen LogP contribution < -0.4 is 5.32 Å². The second kappa shape index (κ2) is 5.12. The Bertz CT molecular complexity index is 575. The fourth-order valence-corrected chi connectivity index (χ4v) is 2.47. The van der Waals surface area contributed by atoms with Crippen LogP contribution in [0.1, 0.15) is 9.67 Å². The predicted octanol–water partition coefficient (Wildman–Crippen LogP) is 3.95. The molecule has 0 saturated heterocycles. The molecule has 88 valence electrons. The molecule has 7 heteroatoms. The third-order valence-corrected chi connectivity index (χ3v) is 3.67. The van der Waals surface area contributed by atoms with E-state index in [2.05, 4.69) is 26.2 Å². The van der Waals surface area contributed by atoms with E-state index in [-0.39, 0.29) is 11.7 Å². The van der Waals surface area contributed by atoms with Crippen molar-refractivity contribution in [2.45, 2.75) is 0 Å². The number of aromatic nitrogens is 1. The molecular formula is C10H5BrClFN2OS. The number of carbonyl (C=O) groups excluding carboxylic acids is 1. The minimum Gasteiger partial charge on any atom is -0.305 e. The van der Waals surface area contributed by atoms with E-state index in [9.17, 15) is 9.18 Å². The maximum absolute atomic E-state index is 12.8. The van der Waals surface area contributed by atoms with Crippen molar-refractivity contribution in [3.05, 3.63) is 43.9 Å². The van der Waals surface area contributed by atoms with Crippen LogP contribution in [0.2, 0.25) is 4.34 Å². The smallest absolute Gasteiger partial charge is 0.266 e. The fraction of sp³-hybridized carbons (Fsp3) is 0. The highest BCUT2D eigenvalue weighted by atomic mass is 79.9. The molecule has 1 amide bonds. The molecule has 0 radical (unpaired) electrons. The second-order valence-corrected chi connectivity index (χ2v) is 5.61. The third-order valence-electron chi connectivity index (χ3n) is 1.84. The average Bonchev–Trinajstić information content (AvgIpc) is 2.69. The Kier molecular flexibility index (Phi) is 3.76. The van der Waals surface area contributed by atoms with Gasteiger partial charge in [0, 0.05) is 0 Å². The monoisotopic (exact) mass is 334 g/mol. The largest absolute Gasteiger partial charge is 0.305 e. The molecule has 0 aromatic carbocycles. The number of hydrogen-bond donors (Lipinski definition) is 1. The molecule has 2 aromatic heterocycles. The van der Waals surface area contributed by atoms with E-state index in [1.54, 1.807) is 12.1 Å². The number of halogens is 3. The van der Waals surface area contributed by atoms with Gasteiger partial charge in [-0.1, -0.05) is 11.6 Å². The maximum atomic E-state index is 12.8. The first-order valence-electron chi connectivity index (χ1n) is 4.44. The van der Waals surface area contributed by atoms with Gasteiger partial charge in [-0.05, 0) is 34.1 Å². The van der Waals surface area contributed by atoms with E-state index in [0.29, 0.717) is 13.7 Å². The van der Waals surface area contributed by atoms with Crippen molar-refractivity contribution in [3.63, 3.8) is 0 Å².